The predicted molar refractivity (Wildman–Crippen MR) is 118 cm³/mol. The maximum Gasteiger partial charge on any atom is 0.194 e. The summed E-state index contributed by atoms with van der Waals surface area (Å²) >= 11 is 6.09. The summed E-state index contributed by atoms with van der Waals surface area (Å²) in [5.74, 6) is 0.399. The molecule has 1 aliphatic heterocycles. The molecule has 1 radical (unpaired) electrons. The van der Waals surface area contributed by atoms with Gasteiger partial charge in [-0.3, -0.25) is 4.79 Å². The molecule has 3 rings (SSSR count). The molecule has 2 aromatic rings. The van der Waals surface area contributed by atoms with Gasteiger partial charge in [0, 0.05) is 56.1 Å². The van der Waals surface area contributed by atoms with Crippen LogP contribution in [-0.2, 0) is 50.5 Å². The van der Waals surface area contributed by atoms with Crippen LogP contribution in [0.5, 0.6) is 0 Å². The fourth-order valence-corrected chi connectivity index (χ4v) is 5.14. The molecule has 1 unspecified atom stereocenters. The van der Waals surface area contributed by atoms with Crippen molar-refractivity contribution in [3.05, 3.63) is 69.7 Å². The van der Waals surface area contributed by atoms with E-state index in [2.05, 4.69) is 51.1 Å². The Morgan fingerprint density at radius 1 is 1.00 bits per heavy atom. The molecule has 1 aliphatic rings. The minimum absolute atomic E-state index is 0. The van der Waals surface area contributed by atoms with Crippen LogP contribution in [0, 0.1) is 13.8 Å². The number of carbonyl (C=O) groups is 1. The third-order valence-corrected chi connectivity index (χ3v) is 6.78. The summed E-state index contributed by atoms with van der Waals surface area (Å²) in [7, 11) is 0. The molecule has 1 saturated heterocycles. The third kappa shape index (κ3) is 6.00. The largest absolute Gasteiger partial charge is 0.311 e. The number of carbonyl (C=O) groups excluding carboxylic acids is 1. The minimum Gasteiger partial charge on any atom is -0.311 e. The number of quaternary nitrogens is 1. The Labute approximate surface area is 206 Å². The van der Waals surface area contributed by atoms with Gasteiger partial charge in [-0.2, -0.15) is 0 Å². The fraction of sp³-hybridized carbons (Fsp3) is 0.480. The average Bonchev–Trinajstić information content (AvgIpc) is 2.68. The maximum atomic E-state index is 13.6. The molecule has 0 spiro atoms. The molecule has 1 fully saturated rings. The number of benzene rings is 2. The van der Waals surface area contributed by atoms with Gasteiger partial charge in [0.1, 0.15) is 12.6 Å². The Kier molecular flexibility index (Phi) is 9.54. The van der Waals surface area contributed by atoms with Crippen molar-refractivity contribution in [2.75, 3.05) is 13.1 Å². The second-order valence-corrected chi connectivity index (χ2v) is 8.88. The number of hydrogen-bond acceptors (Lipinski definition) is 1. The summed E-state index contributed by atoms with van der Waals surface area (Å²) in [4.78, 5) is 13.6. The van der Waals surface area contributed by atoms with Crippen LogP contribution in [0.15, 0.2) is 42.5 Å². The molecule has 1 atom stereocenters. The monoisotopic (exact) mass is 487 g/mol. The van der Waals surface area contributed by atoms with Gasteiger partial charge < -0.3 is 4.48 Å². The van der Waals surface area contributed by atoms with E-state index < -0.39 is 0 Å². The number of likely N-dealkylation sites (tertiary alicyclic amines) is 1. The van der Waals surface area contributed by atoms with E-state index in [0.29, 0.717) is 12.2 Å². The van der Waals surface area contributed by atoms with Gasteiger partial charge in [0.2, 0.25) is 0 Å². The quantitative estimate of drug-likeness (QED) is 0.435. The van der Waals surface area contributed by atoms with E-state index in [0.717, 1.165) is 35.6 Å². The van der Waals surface area contributed by atoms with Crippen molar-refractivity contribution in [2.24, 2.45) is 0 Å². The van der Waals surface area contributed by atoms with Crippen LogP contribution in [0.4, 0.5) is 0 Å². The van der Waals surface area contributed by atoms with Crippen molar-refractivity contribution in [3.63, 3.8) is 0 Å². The summed E-state index contributed by atoms with van der Waals surface area (Å²) in [5, 5.41) is 0.770. The van der Waals surface area contributed by atoms with Gasteiger partial charge in [-0.15, -0.1) is 0 Å². The van der Waals surface area contributed by atoms with Crippen LogP contribution >= 0.6 is 11.6 Å². The molecular weight excluding hydrogens is 455 g/mol. The smallest absolute Gasteiger partial charge is 0.194 e. The van der Waals surface area contributed by atoms with Crippen molar-refractivity contribution in [2.45, 2.75) is 65.5 Å². The summed E-state index contributed by atoms with van der Waals surface area (Å²) in [5.41, 5.74) is 4.95. The number of Topliss-reactive ketones (excluding diaryl/α,β-unsaturated/α-hetero) is 1. The predicted octanol–water partition coefficient (Wildman–Crippen LogP) is 6.05. The first-order valence-corrected chi connectivity index (χ1v) is 11.0. The normalized spacial score (nSPS) is 16.7. The summed E-state index contributed by atoms with van der Waals surface area (Å²) in [6.45, 7) is 9.54. The van der Waals surface area contributed by atoms with Gasteiger partial charge >= 0.3 is 0 Å². The number of halogens is 1. The van der Waals surface area contributed by atoms with Crippen LogP contribution in [0.25, 0.3) is 0 Å². The van der Waals surface area contributed by atoms with Crippen molar-refractivity contribution < 1.29 is 42.0 Å². The molecular formula is C25H33ClNOY+. The van der Waals surface area contributed by atoms with Crippen molar-refractivity contribution in [1.29, 1.82) is 0 Å². The Hall–Kier alpha value is -0.536. The van der Waals surface area contributed by atoms with Crippen molar-refractivity contribution in [1.82, 2.24) is 0 Å². The number of hydrogen-bond donors (Lipinski definition) is 0. The molecule has 0 N–H and O–H groups in total. The van der Waals surface area contributed by atoms with Crippen molar-refractivity contribution >= 4 is 17.4 Å². The summed E-state index contributed by atoms with van der Waals surface area (Å²) < 4.78 is 0.905. The second kappa shape index (κ2) is 11.2. The number of aryl methyl sites for hydroxylation is 2. The minimum atomic E-state index is 0. The number of piperidine rings is 1. The molecule has 29 heavy (non-hydrogen) atoms. The molecule has 0 saturated carbocycles. The van der Waals surface area contributed by atoms with Crippen LogP contribution in [0.1, 0.15) is 54.9 Å². The number of nitrogens with zero attached hydrogens (tertiary/aromatic N) is 1. The zero-order chi connectivity index (χ0) is 20.1. The van der Waals surface area contributed by atoms with Gasteiger partial charge in [-0.1, -0.05) is 48.9 Å². The van der Waals surface area contributed by atoms with E-state index in [-0.39, 0.29) is 38.8 Å². The Morgan fingerprint density at radius 2 is 1.59 bits per heavy atom. The molecule has 2 nitrogen and oxygen atoms in total. The van der Waals surface area contributed by atoms with Gasteiger partial charge in [0.05, 0.1) is 13.1 Å². The Bertz CT molecular complexity index is 792. The first-order valence-electron chi connectivity index (χ1n) is 10.6. The number of rotatable bonds is 7. The van der Waals surface area contributed by atoms with Crippen LogP contribution < -0.4 is 0 Å². The molecule has 1 heterocycles. The van der Waals surface area contributed by atoms with E-state index in [9.17, 15) is 4.79 Å². The van der Waals surface area contributed by atoms with Gasteiger partial charge in [-0.25, -0.2) is 0 Å². The summed E-state index contributed by atoms with van der Waals surface area (Å²) in [6.07, 6.45) is 5.15. The van der Waals surface area contributed by atoms with Gasteiger partial charge in [0.25, 0.3) is 0 Å². The molecule has 0 aromatic heterocycles. The van der Waals surface area contributed by atoms with Gasteiger partial charge in [-0.05, 0) is 61.9 Å². The van der Waals surface area contributed by atoms with Crippen LogP contribution in [0.3, 0.4) is 0 Å². The molecule has 0 amide bonds. The fourth-order valence-electron chi connectivity index (χ4n) is 5.02. The van der Waals surface area contributed by atoms with E-state index in [4.69, 9.17) is 11.6 Å². The standard InChI is InChI=1S/C25H33ClNO.Y/c1-4-24(25(28)17-23-19(2)9-8-10-20(23)3)27(15-6-5-7-16-27)18-21-11-13-22(26)14-12-21;/h8-14,24H,4-7,15-18H2,1-3H3;/q+1;. The Morgan fingerprint density at radius 3 is 2.14 bits per heavy atom. The van der Waals surface area contributed by atoms with E-state index >= 15 is 0 Å². The van der Waals surface area contributed by atoms with Crippen molar-refractivity contribution in [3.8, 4) is 0 Å². The van der Waals surface area contributed by atoms with E-state index in [1.165, 1.54) is 41.5 Å². The molecule has 0 aliphatic carbocycles. The molecule has 4 heteroatoms. The number of ketones is 1. The second-order valence-electron chi connectivity index (χ2n) is 8.45. The van der Waals surface area contributed by atoms with Crippen LogP contribution in [-0.4, -0.2) is 29.4 Å². The van der Waals surface area contributed by atoms with Crippen LogP contribution in [0.2, 0.25) is 5.02 Å². The topological polar surface area (TPSA) is 17.1 Å². The zero-order valence-electron chi connectivity index (χ0n) is 18.1. The summed E-state index contributed by atoms with van der Waals surface area (Å²) in [6, 6.07) is 14.6. The maximum absolute atomic E-state index is 13.6. The first kappa shape index (κ1) is 24.7. The molecule has 0 bridgehead atoms. The Balaban J connectivity index is 0.00000300. The van der Waals surface area contributed by atoms with E-state index in [1.807, 2.05) is 12.1 Å². The zero-order valence-corrected chi connectivity index (χ0v) is 21.7. The third-order valence-electron chi connectivity index (χ3n) is 6.53. The molecule has 2 aromatic carbocycles. The van der Waals surface area contributed by atoms with Gasteiger partial charge in [0.15, 0.2) is 5.78 Å². The molecule has 153 valence electrons. The van der Waals surface area contributed by atoms with E-state index in [1.54, 1.807) is 0 Å². The average molecular weight is 488 g/mol. The first-order chi connectivity index (χ1) is 13.4. The SMILES string of the molecule is CCC(C(=O)Cc1c(C)cccc1C)[N+]1(Cc2ccc(Cl)cc2)CCCCC1.[Y].